The molecule has 0 spiro atoms. The van der Waals surface area contributed by atoms with Gasteiger partial charge in [-0.25, -0.2) is 0 Å². The van der Waals surface area contributed by atoms with E-state index in [0.717, 1.165) is 28.4 Å². The predicted molar refractivity (Wildman–Crippen MR) is 98.2 cm³/mol. The second kappa shape index (κ2) is 8.30. The Bertz CT molecular complexity index is 738. The lowest BCUT2D eigenvalue weighted by molar-refractivity contribution is 0.0348. The largest absolute Gasteiger partial charge is 0.390 e. The second-order valence-corrected chi connectivity index (χ2v) is 7.84. The van der Waals surface area contributed by atoms with E-state index < -0.39 is 6.10 Å². The molecule has 1 saturated heterocycles. The highest BCUT2D eigenvalue weighted by molar-refractivity contribution is 7.14. The van der Waals surface area contributed by atoms with Gasteiger partial charge in [-0.05, 0) is 32.4 Å². The molecule has 2 aromatic heterocycles. The molecule has 7 nitrogen and oxygen atoms in total. The number of aromatic nitrogens is 1. The first kappa shape index (κ1) is 19.0. The highest BCUT2D eigenvalue weighted by atomic mass is 32.1. The Kier molecular flexibility index (Phi) is 6.08. The van der Waals surface area contributed by atoms with Gasteiger partial charge in [0.15, 0.2) is 0 Å². The first-order chi connectivity index (χ1) is 12.5. The molecular weight excluding hydrogens is 354 g/mol. The fraction of sp³-hybridized carbons (Fsp3) is 0.556. The van der Waals surface area contributed by atoms with Crippen LogP contribution in [-0.4, -0.2) is 53.4 Å². The minimum atomic E-state index is -0.605. The normalized spacial score (nSPS) is 21.1. The second-order valence-electron chi connectivity index (χ2n) is 6.67. The summed E-state index contributed by atoms with van der Waals surface area (Å²) in [5.41, 5.74) is 1.96. The molecule has 0 unspecified atom stereocenters. The Labute approximate surface area is 156 Å². The first-order valence-electron chi connectivity index (χ1n) is 8.68. The lowest BCUT2D eigenvalue weighted by Crippen LogP contribution is -2.53. The van der Waals surface area contributed by atoms with Crippen LogP contribution < -0.4 is 5.32 Å². The maximum Gasteiger partial charge on any atom is 0.261 e. The zero-order valence-electron chi connectivity index (χ0n) is 15.3. The van der Waals surface area contributed by atoms with E-state index >= 15 is 0 Å². The third-order valence-corrected chi connectivity index (χ3v) is 5.78. The van der Waals surface area contributed by atoms with Crippen molar-refractivity contribution in [3.63, 3.8) is 0 Å². The van der Waals surface area contributed by atoms with Crippen LogP contribution in [0.15, 0.2) is 16.7 Å². The number of amides is 1. The van der Waals surface area contributed by atoms with Crippen LogP contribution in [0.25, 0.3) is 0 Å². The van der Waals surface area contributed by atoms with E-state index in [1.807, 2.05) is 19.9 Å². The van der Waals surface area contributed by atoms with Crippen LogP contribution >= 0.6 is 11.3 Å². The van der Waals surface area contributed by atoms with Crippen molar-refractivity contribution in [1.82, 2.24) is 15.4 Å². The van der Waals surface area contributed by atoms with Gasteiger partial charge >= 0.3 is 0 Å². The number of carbonyl (C=O) groups is 1. The number of nitrogens with zero attached hydrogens (tertiary/aromatic N) is 2. The predicted octanol–water partition coefficient (Wildman–Crippen LogP) is 1.86. The topological polar surface area (TPSA) is 87.8 Å². The van der Waals surface area contributed by atoms with Crippen molar-refractivity contribution in [2.75, 3.05) is 20.2 Å². The highest BCUT2D eigenvalue weighted by Gasteiger charge is 2.30. The number of carbonyl (C=O) groups excluding carboxylic acids is 1. The van der Waals surface area contributed by atoms with Gasteiger partial charge < -0.3 is 19.7 Å². The molecule has 2 N–H and O–H groups in total. The van der Waals surface area contributed by atoms with Crippen LogP contribution in [0.5, 0.6) is 0 Å². The zero-order valence-corrected chi connectivity index (χ0v) is 16.1. The number of rotatable bonds is 6. The number of aliphatic hydroxyl groups excluding tert-OH is 1. The van der Waals surface area contributed by atoms with E-state index in [4.69, 9.17) is 9.26 Å². The van der Waals surface area contributed by atoms with Gasteiger partial charge in [-0.2, -0.15) is 0 Å². The van der Waals surface area contributed by atoms with Gasteiger partial charge in [0.2, 0.25) is 0 Å². The smallest absolute Gasteiger partial charge is 0.261 e. The number of β-amino-alcohol motifs (C(OH)–C–C–N with tert-alkyl or cyclic N) is 1. The Morgan fingerprint density at radius 3 is 2.96 bits per heavy atom. The monoisotopic (exact) mass is 379 g/mol. The van der Waals surface area contributed by atoms with Crippen LogP contribution in [0, 0.1) is 13.8 Å². The summed E-state index contributed by atoms with van der Waals surface area (Å²) in [7, 11) is 1.63. The molecule has 0 radical (unpaired) electrons. The lowest BCUT2D eigenvalue weighted by Gasteiger charge is -2.36. The number of piperidine rings is 1. The fourth-order valence-electron chi connectivity index (χ4n) is 3.22. The number of hydrogen-bond acceptors (Lipinski definition) is 7. The van der Waals surface area contributed by atoms with Crippen molar-refractivity contribution in [3.8, 4) is 0 Å². The van der Waals surface area contributed by atoms with Crippen molar-refractivity contribution in [3.05, 3.63) is 38.9 Å². The quantitative estimate of drug-likeness (QED) is 0.797. The van der Waals surface area contributed by atoms with Crippen LogP contribution in [0.1, 0.15) is 38.0 Å². The molecule has 1 aliphatic rings. The zero-order chi connectivity index (χ0) is 18.7. The van der Waals surface area contributed by atoms with Crippen LogP contribution in [0.4, 0.5) is 0 Å². The van der Waals surface area contributed by atoms with Crippen molar-refractivity contribution in [2.24, 2.45) is 0 Å². The molecule has 0 aliphatic carbocycles. The maximum atomic E-state index is 12.4. The first-order valence-corrected chi connectivity index (χ1v) is 9.50. The fourth-order valence-corrected chi connectivity index (χ4v) is 4.10. The minimum Gasteiger partial charge on any atom is -0.390 e. The van der Waals surface area contributed by atoms with Crippen LogP contribution in [0.2, 0.25) is 0 Å². The number of aryl methyl sites for hydroxylation is 2. The molecule has 1 amide bonds. The molecule has 1 fully saturated rings. The Hall–Kier alpha value is -1.74. The van der Waals surface area contributed by atoms with Gasteiger partial charge in [0.25, 0.3) is 5.91 Å². The van der Waals surface area contributed by atoms with E-state index in [0.29, 0.717) is 31.0 Å². The average molecular weight is 379 g/mol. The summed E-state index contributed by atoms with van der Waals surface area (Å²) in [5, 5.41) is 17.4. The van der Waals surface area contributed by atoms with Crippen molar-refractivity contribution >= 4 is 17.2 Å². The van der Waals surface area contributed by atoms with Gasteiger partial charge in [-0.15, -0.1) is 11.3 Å². The third-order valence-electron chi connectivity index (χ3n) is 4.72. The molecule has 1 aliphatic heterocycles. The number of hydrogen-bond donors (Lipinski definition) is 2. The summed E-state index contributed by atoms with van der Waals surface area (Å²) < 4.78 is 10.3. The van der Waals surface area contributed by atoms with Gasteiger partial charge in [-0.1, -0.05) is 5.16 Å². The molecular formula is C18H25N3O4S. The molecule has 26 heavy (non-hydrogen) atoms. The summed E-state index contributed by atoms with van der Waals surface area (Å²) in [4.78, 5) is 16.2. The summed E-state index contributed by atoms with van der Waals surface area (Å²) in [6.45, 7) is 6.33. The number of aliphatic hydroxyl groups is 1. The SMILES string of the molecule is COCc1ccc(C(=O)N[C@@H]2CCN(Cc3c(C)noc3C)C[C@H]2O)s1. The number of ether oxygens (including phenoxy) is 1. The molecule has 0 aromatic carbocycles. The van der Waals surface area contributed by atoms with E-state index in [2.05, 4.69) is 15.4 Å². The Morgan fingerprint density at radius 1 is 1.50 bits per heavy atom. The third kappa shape index (κ3) is 4.32. The standard InChI is InChI=1S/C18H25N3O4S/c1-11-14(12(2)25-20-11)8-21-7-6-15(16(22)9-21)19-18(23)17-5-4-13(26-17)10-24-3/h4-5,15-16,22H,6-10H2,1-3H3,(H,19,23)/t15-,16-/m1/s1. The minimum absolute atomic E-state index is 0.138. The summed E-state index contributed by atoms with van der Waals surface area (Å²) >= 11 is 1.42. The number of thiophene rings is 1. The van der Waals surface area contributed by atoms with Gasteiger partial charge in [0.05, 0.1) is 29.3 Å². The highest BCUT2D eigenvalue weighted by Crippen LogP contribution is 2.21. The molecule has 8 heteroatoms. The average Bonchev–Trinajstić information content (AvgIpc) is 3.20. The number of methoxy groups -OCH3 is 1. The van der Waals surface area contributed by atoms with Crippen molar-refractivity contribution < 1.29 is 19.2 Å². The summed E-state index contributed by atoms with van der Waals surface area (Å²) in [6, 6.07) is 3.45. The van der Waals surface area contributed by atoms with Gasteiger partial charge in [0, 0.05) is 37.2 Å². The molecule has 0 saturated carbocycles. The molecule has 2 atom stereocenters. The molecule has 2 aromatic rings. The number of likely N-dealkylation sites (tertiary alicyclic amines) is 1. The number of nitrogens with one attached hydrogen (secondary N) is 1. The van der Waals surface area contributed by atoms with Crippen LogP contribution in [-0.2, 0) is 17.9 Å². The van der Waals surface area contributed by atoms with Crippen molar-refractivity contribution in [1.29, 1.82) is 0 Å². The summed E-state index contributed by atoms with van der Waals surface area (Å²) in [6.07, 6.45) is 0.0960. The molecule has 3 rings (SSSR count). The van der Waals surface area contributed by atoms with E-state index in [9.17, 15) is 9.90 Å². The lowest BCUT2D eigenvalue weighted by atomic mass is 10.0. The molecule has 142 valence electrons. The van der Waals surface area contributed by atoms with Gasteiger partial charge in [-0.3, -0.25) is 9.69 Å². The maximum absolute atomic E-state index is 12.4. The molecule has 0 bridgehead atoms. The summed E-state index contributed by atoms with van der Waals surface area (Å²) in [5.74, 6) is 0.678. The van der Waals surface area contributed by atoms with Crippen LogP contribution in [0.3, 0.4) is 0 Å². The van der Waals surface area contributed by atoms with E-state index in [1.165, 1.54) is 11.3 Å². The van der Waals surface area contributed by atoms with Gasteiger partial charge in [0.1, 0.15) is 5.76 Å². The van der Waals surface area contributed by atoms with E-state index in [-0.39, 0.29) is 11.9 Å². The van der Waals surface area contributed by atoms with Crippen molar-refractivity contribution in [2.45, 2.75) is 45.6 Å². The molecule has 3 heterocycles. The van der Waals surface area contributed by atoms with E-state index in [1.54, 1.807) is 13.2 Å². The Balaban J connectivity index is 1.54. The Morgan fingerprint density at radius 2 is 2.31 bits per heavy atom.